The number of carbonyl (C=O) groups excluding carboxylic acids is 2. The molecule has 2 aliphatic rings. The lowest BCUT2D eigenvalue weighted by atomic mass is 9.69. The van der Waals surface area contributed by atoms with Crippen LogP contribution in [0.3, 0.4) is 0 Å². The second kappa shape index (κ2) is 3.56. The van der Waals surface area contributed by atoms with Crippen molar-refractivity contribution in [1.82, 2.24) is 0 Å². The zero-order valence-corrected chi connectivity index (χ0v) is 11.4. The molecule has 17 heavy (non-hydrogen) atoms. The molecule has 3 heteroatoms. The minimum Gasteiger partial charge on any atom is -0.461 e. The zero-order valence-electron chi connectivity index (χ0n) is 11.4. The lowest BCUT2D eigenvalue weighted by molar-refractivity contribution is -0.163. The summed E-state index contributed by atoms with van der Waals surface area (Å²) >= 11 is 0. The van der Waals surface area contributed by atoms with Crippen LogP contribution in [0.2, 0.25) is 0 Å². The van der Waals surface area contributed by atoms with Crippen LogP contribution in [0.25, 0.3) is 0 Å². The number of ketones is 1. The summed E-state index contributed by atoms with van der Waals surface area (Å²) in [5.74, 6) is 0.314. The zero-order chi connectivity index (χ0) is 13.0. The Bertz CT molecular complexity index is 370. The van der Waals surface area contributed by atoms with E-state index in [-0.39, 0.29) is 29.2 Å². The highest BCUT2D eigenvalue weighted by Gasteiger charge is 2.67. The van der Waals surface area contributed by atoms with Crippen molar-refractivity contribution in [1.29, 1.82) is 0 Å². The van der Waals surface area contributed by atoms with Crippen LogP contribution in [0.1, 0.15) is 47.5 Å². The molecule has 2 aliphatic carbocycles. The molecule has 3 nitrogen and oxygen atoms in total. The third-order valence-electron chi connectivity index (χ3n) is 5.24. The van der Waals surface area contributed by atoms with Gasteiger partial charge in [0.1, 0.15) is 11.9 Å². The number of fused-ring (bicyclic) bond motifs is 2. The first-order valence-corrected chi connectivity index (χ1v) is 6.45. The summed E-state index contributed by atoms with van der Waals surface area (Å²) in [7, 11) is 0. The summed E-state index contributed by atoms with van der Waals surface area (Å²) in [4.78, 5) is 23.8. The van der Waals surface area contributed by atoms with Gasteiger partial charge in [-0.25, -0.2) is 0 Å². The van der Waals surface area contributed by atoms with E-state index in [2.05, 4.69) is 13.8 Å². The second-order valence-electron chi connectivity index (χ2n) is 6.56. The molecule has 3 unspecified atom stereocenters. The van der Waals surface area contributed by atoms with Crippen molar-refractivity contribution in [3.63, 3.8) is 0 Å². The molecule has 0 aromatic carbocycles. The van der Waals surface area contributed by atoms with Crippen molar-refractivity contribution in [2.45, 2.75) is 53.6 Å². The molecule has 2 saturated carbocycles. The molecule has 2 rings (SSSR count). The second-order valence-corrected chi connectivity index (χ2v) is 6.56. The molecule has 0 amide bonds. The van der Waals surface area contributed by atoms with Crippen molar-refractivity contribution in [2.24, 2.45) is 22.7 Å². The molecule has 2 fully saturated rings. The van der Waals surface area contributed by atoms with Gasteiger partial charge >= 0.3 is 5.97 Å². The molecular formula is C14H22O3. The van der Waals surface area contributed by atoms with Gasteiger partial charge in [0, 0.05) is 6.42 Å². The van der Waals surface area contributed by atoms with E-state index in [1.807, 2.05) is 20.8 Å². The van der Waals surface area contributed by atoms with Gasteiger partial charge < -0.3 is 4.74 Å². The summed E-state index contributed by atoms with van der Waals surface area (Å²) in [6.45, 7) is 9.88. The fourth-order valence-electron chi connectivity index (χ4n) is 3.38. The lowest BCUT2D eigenvalue weighted by Crippen LogP contribution is -2.44. The Hall–Kier alpha value is -0.860. The van der Waals surface area contributed by atoms with E-state index in [0.29, 0.717) is 12.3 Å². The molecular weight excluding hydrogens is 216 g/mol. The number of hydrogen-bond acceptors (Lipinski definition) is 3. The van der Waals surface area contributed by atoms with Crippen LogP contribution < -0.4 is 0 Å². The van der Waals surface area contributed by atoms with Crippen LogP contribution in [-0.4, -0.2) is 17.9 Å². The fourth-order valence-corrected chi connectivity index (χ4v) is 3.38. The molecule has 0 heterocycles. The van der Waals surface area contributed by atoms with Crippen molar-refractivity contribution >= 4 is 11.8 Å². The maximum Gasteiger partial charge on any atom is 0.308 e. The Morgan fingerprint density at radius 2 is 1.94 bits per heavy atom. The van der Waals surface area contributed by atoms with Crippen molar-refractivity contribution < 1.29 is 14.3 Å². The Kier molecular flexibility index (Phi) is 2.64. The SMILES string of the molecule is CC(C)C(=O)OC1CC2CC(=O)C1(C)C2(C)C. The Balaban J connectivity index is 2.23. The van der Waals surface area contributed by atoms with Crippen molar-refractivity contribution in [3.8, 4) is 0 Å². The molecule has 0 radical (unpaired) electrons. The first kappa shape index (κ1) is 12.6. The quantitative estimate of drug-likeness (QED) is 0.694. The molecule has 96 valence electrons. The van der Waals surface area contributed by atoms with Gasteiger partial charge in [0.2, 0.25) is 0 Å². The minimum atomic E-state index is -0.484. The van der Waals surface area contributed by atoms with E-state index >= 15 is 0 Å². The van der Waals surface area contributed by atoms with Gasteiger partial charge in [0.05, 0.1) is 11.3 Å². The summed E-state index contributed by atoms with van der Waals surface area (Å²) in [5.41, 5.74) is -0.534. The number of ether oxygens (including phenoxy) is 1. The van der Waals surface area contributed by atoms with Gasteiger partial charge in [-0.1, -0.05) is 27.7 Å². The molecule has 0 saturated heterocycles. The third kappa shape index (κ3) is 1.47. The van der Waals surface area contributed by atoms with Crippen LogP contribution in [0.15, 0.2) is 0 Å². The van der Waals surface area contributed by atoms with Gasteiger partial charge in [-0.05, 0) is 24.7 Å². The van der Waals surface area contributed by atoms with Gasteiger partial charge in [0.25, 0.3) is 0 Å². The van der Waals surface area contributed by atoms with E-state index in [0.717, 1.165) is 6.42 Å². The van der Waals surface area contributed by atoms with Crippen LogP contribution in [0.4, 0.5) is 0 Å². The summed E-state index contributed by atoms with van der Waals surface area (Å²) < 4.78 is 5.56. The first-order valence-electron chi connectivity index (χ1n) is 6.45. The predicted octanol–water partition coefficient (Wildman–Crippen LogP) is 2.58. The normalized spacial score (nSPS) is 38.8. The highest BCUT2D eigenvalue weighted by atomic mass is 16.5. The maximum absolute atomic E-state index is 12.1. The van der Waals surface area contributed by atoms with Crippen LogP contribution in [0.5, 0.6) is 0 Å². The smallest absolute Gasteiger partial charge is 0.308 e. The minimum absolute atomic E-state index is 0.0496. The molecule has 2 bridgehead atoms. The fraction of sp³-hybridized carbons (Fsp3) is 0.857. The maximum atomic E-state index is 12.1. The van der Waals surface area contributed by atoms with Crippen LogP contribution in [-0.2, 0) is 14.3 Å². The topological polar surface area (TPSA) is 43.4 Å². The number of Topliss-reactive ketones (excluding diaryl/α,β-unsaturated/α-hetero) is 1. The van der Waals surface area contributed by atoms with E-state index in [1.165, 1.54) is 0 Å². The first-order chi connectivity index (χ1) is 7.71. The lowest BCUT2D eigenvalue weighted by Gasteiger charge is -2.36. The summed E-state index contributed by atoms with van der Waals surface area (Å²) in [5, 5.41) is 0. The molecule has 0 spiro atoms. The number of rotatable bonds is 2. The Labute approximate surface area is 103 Å². The van der Waals surface area contributed by atoms with E-state index < -0.39 is 5.41 Å². The molecule has 0 aromatic rings. The van der Waals surface area contributed by atoms with Gasteiger partial charge in [0.15, 0.2) is 0 Å². The van der Waals surface area contributed by atoms with Crippen molar-refractivity contribution in [3.05, 3.63) is 0 Å². The number of esters is 1. The average molecular weight is 238 g/mol. The molecule has 0 aromatic heterocycles. The standard InChI is InChI=1S/C14H22O3/c1-8(2)12(16)17-11-7-9-6-10(15)14(11,5)13(9,3)4/h8-9,11H,6-7H2,1-5H3. The summed E-state index contributed by atoms with van der Waals surface area (Å²) in [6, 6.07) is 0. The highest BCUT2D eigenvalue weighted by Crippen LogP contribution is 2.64. The van der Waals surface area contributed by atoms with E-state index in [9.17, 15) is 9.59 Å². The Morgan fingerprint density at radius 3 is 2.35 bits per heavy atom. The third-order valence-corrected chi connectivity index (χ3v) is 5.24. The number of hydrogen-bond donors (Lipinski definition) is 0. The summed E-state index contributed by atoms with van der Waals surface area (Å²) in [6.07, 6.45) is 1.27. The monoisotopic (exact) mass is 238 g/mol. The largest absolute Gasteiger partial charge is 0.461 e. The predicted molar refractivity (Wildman–Crippen MR) is 64.3 cm³/mol. The highest BCUT2D eigenvalue weighted by molar-refractivity contribution is 5.90. The van der Waals surface area contributed by atoms with Crippen molar-refractivity contribution in [2.75, 3.05) is 0 Å². The van der Waals surface area contributed by atoms with Gasteiger partial charge in [-0.2, -0.15) is 0 Å². The Morgan fingerprint density at radius 1 is 1.35 bits per heavy atom. The average Bonchev–Trinajstić information content (AvgIpc) is 2.49. The van der Waals surface area contributed by atoms with Gasteiger partial charge in [-0.3, -0.25) is 9.59 Å². The molecule has 0 N–H and O–H groups in total. The molecule has 3 atom stereocenters. The van der Waals surface area contributed by atoms with Crippen LogP contribution >= 0.6 is 0 Å². The van der Waals surface area contributed by atoms with Gasteiger partial charge in [-0.15, -0.1) is 0 Å². The number of carbonyl (C=O) groups is 2. The molecule has 0 aliphatic heterocycles. The van der Waals surface area contributed by atoms with E-state index in [1.54, 1.807) is 0 Å². The van der Waals surface area contributed by atoms with Crippen LogP contribution in [0, 0.1) is 22.7 Å². The van der Waals surface area contributed by atoms with E-state index in [4.69, 9.17) is 4.74 Å².